The highest BCUT2D eigenvalue weighted by atomic mass is 32.1. The van der Waals surface area contributed by atoms with Crippen LogP contribution in [-0.4, -0.2) is 33.2 Å². The van der Waals surface area contributed by atoms with E-state index in [4.69, 9.17) is 0 Å². The van der Waals surface area contributed by atoms with Crippen LogP contribution in [0.5, 0.6) is 0 Å². The Morgan fingerprint density at radius 2 is 2.21 bits per heavy atom. The van der Waals surface area contributed by atoms with Crippen LogP contribution in [0, 0.1) is 6.92 Å². The third kappa shape index (κ3) is 2.58. The van der Waals surface area contributed by atoms with Crippen molar-refractivity contribution in [2.24, 2.45) is 0 Å². The SMILES string of the molecule is Cc1[nH]ncc1CN1CCC(C)(c2nccs2)CC1. The van der Waals surface area contributed by atoms with Crippen molar-refractivity contribution in [3.8, 4) is 0 Å². The van der Waals surface area contributed by atoms with E-state index >= 15 is 0 Å². The summed E-state index contributed by atoms with van der Waals surface area (Å²) < 4.78 is 0. The van der Waals surface area contributed by atoms with Crippen LogP contribution in [0.2, 0.25) is 0 Å². The van der Waals surface area contributed by atoms with E-state index in [0.29, 0.717) is 0 Å². The lowest BCUT2D eigenvalue weighted by Crippen LogP contribution is -2.40. The highest BCUT2D eigenvalue weighted by Crippen LogP contribution is 2.36. The zero-order valence-corrected chi connectivity index (χ0v) is 12.3. The molecule has 102 valence electrons. The Labute approximate surface area is 117 Å². The van der Waals surface area contributed by atoms with Gasteiger partial charge in [0.1, 0.15) is 0 Å². The average molecular weight is 276 g/mol. The van der Waals surface area contributed by atoms with E-state index in [1.54, 1.807) is 11.3 Å². The van der Waals surface area contributed by atoms with Gasteiger partial charge in [-0.3, -0.25) is 10.00 Å². The summed E-state index contributed by atoms with van der Waals surface area (Å²) in [5.41, 5.74) is 2.78. The number of aromatic amines is 1. The van der Waals surface area contributed by atoms with Crippen LogP contribution in [0.4, 0.5) is 0 Å². The summed E-state index contributed by atoms with van der Waals surface area (Å²) in [5.74, 6) is 0. The average Bonchev–Trinajstić information content (AvgIpc) is 3.05. The zero-order valence-electron chi connectivity index (χ0n) is 11.5. The van der Waals surface area contributed by atoms with Gasteiger partial charge in [0, 0.05) is 34.8 Å². The van der Waals surface area contributed by atoms with Crippen molar-refractivity contribution in [1.29, 1.82) is 0 Å². The van der Waals surface area contributed by atoms with Gasteiger partial charge in [0.05, 0.1) is 11.2 Å². The van der Waals surface area contributed by atoms with E-state index < -0.39 is 0 Å². The molecule has 3 rings (SSSR count). The molecule has 0 amide bonds. The number of aryl methyl sites for hydroxylation is 1. The molecule has 4 nitrogen and oxygen atoms in total. The first-order valence-corrected chi connectivity index (χ1v) is 7.66. The summed E-state index contributed by atoms with van der Waals surface area (Å²) in [7, 11) is 0. The quantitative estimate of drug-likeness (QED) is 0.937. The zero-order chi connectivity index (χ0) is 13.3. The molecule has 1 fully saturated rings. The lowest BCUT2D eigenvalue weighted by Gasteiger charge is -2.38. The Bertz CT molecular complexity index is 523. The molecule has 5 heteroatoms. The molecule has 0 aromatic carbocycles. The summed E-state index contributed by atoms with van der Waals surface area (Å²) in [5, 5.41) is 10.5. The van der Waals surface area contributed by atoms with Gasteiger partial charge in [0.2, 0.25) is 0 Å². The van der Waals surface area contributed by atoms with Crippen LogP contribution in [0.3, 0.4) is 0 Å². The minimum atomic E-state index is 0.274. The number of hydrogen-bond donors (Lipinski definition) is 1. The Morgan fingerprint density at radius 1 is 1.42 bits per heavy atom. The van der Waals surface area contributed by atoms with Gasteiger partial charge in [-0.05, 0) is 32.9 Å². The maximum atomic E-state index is 4.51. The van der Waals surface area contributed by atoms with E-state index in [9.17, 15) is 0 Å². The fourth-order valence-corrected chi connectivity index (χ4v) is 3.58. The largest absolute Gasteiger partial charge is 0.299 e. The molecule has 0 bridgehead atoms. The van der Waals surface area contributed by atoms with E-state index in [0.717, 1.165) is 19.6 Å². The van der Waals surface area contributed by atoms with Crippen molar-refractivity contribution < 1.29 is 0 Å². The Kier molecular flexibility index (Phi) is 3.41. The molecule has 0 aliphatic carbocycles. The van der Waals surface area contributed by atoms with Gasteiger partial charge in [-0.25, -0.2) is 4.98 Å². The lowest BCUT2D eigenvalue weighted by molar-refractivity contribution is 0.161. The molecular weight excluding hydrogens is 256 g/mol. The molecule has 0 atom stereocenters. The number of hydrogen-bond acceptors (Lipinski definition) is 4. The first kappa shape index (κ1) is 12.8. The second-order valence-corrected chi connectivity index (χ2v) is 6.59. The predicted octanol–water partition coefficient (Wildman–Crippen LogP) is 2.73. The fourth-order valence-electron chi connectivity index (χ4n) is 2.72. The maximum Gasteiger partial charge on any atom is 0.0984 e. The van der Waals surface area contributed by atoms with Crippen LogP contribution in [0.15, 0.2) is 17.8 Å². The van der Waals surface area contributed by atoms with E-state index in [2.05, 4.69) is 39.3 Å². The van der Waals surface area contributed by atoms with Gasteiger partial charge in [0.15, 0.2) is 0 Å². The Hall–Kier alpha value is -1.20. The molecular formula is C14H20N4S. The molecule has 2 aromatic rings. The molecule has 1 aliphatic heterocycles. The van der Waals surface area contributed by atoms with E-state index in [1.807, 2.05) is 12.4 Å². The van der Waals surface area contributed by atoms with Crippen LogP contribution >= 0.6 is 11.3 Å². The molecule has 0 unspecified atom stereocenters. The summed E-state index contributed by atoms with van der Waals surface area (Å²) in [4.78, 5) is 7.03. The summed E-state index contributed by atoms with van der Waals surface area (Å²) in [6.45, 7) is 7.73. The Morgan fingerprint density at radius 3 is 2.79 bits per heavy atom. The number of thiazole rings is 1. The van der Waals surface area contributed by atoms with Crippen molar-refractivity contribution in [1.82, 2.24) is 20.1 Å². The monoisotopic (exact) mass is 276 g/mol. The second-order valence-electron chi connectivity index (χ2n) is 5.69. The minimum absolute atomic E-state index is 0.274. The number of piperidine rings is 1. The molecule has 1 saturated heterocycles. The molecule has 0 radical (unpaired) electrons. The third-order valence-corrected chi connectivity index (χ3v) is 5.32. The highest BCUT2D eigenvalue weighted by molar-refractivity contribution is 7.09. The van der Waals surface area contributed by atoms with Crippen LogP contribution < -0.4 is 0 Å². The molecule has 3 heterocycles. The minimum Gasteiger partial charge on any atom is -0.299 e. The first-order chi connectivity index (χ1) is 9.17. The number of H-pyrrole nitrogens is 1. The van der Waals surface area contributed by atoms with Gasteiger partial charge in [-0.2, -0.15) is 5.10 Å². The molecule has 19 heavy (non-hydrogen) atoms. The number of aromatic nitrogens is 3. The first-order valence-electron chi connectivity index (χ1n) is 6.78. The van der Waals surface area contributed by atoms with E-state index in [-0.39, 0.29) is 5.41 Å². The van der Waals surface area contributed by atoms with Crippen LogP contribution in [0.25, 0.3) is 0 Å². The van der Waals surface area contributed by atoms with E-state index in [1.165, 1.54) is 29.1 Å². The number of nitrogens with one attached hydrogen (secondary N) is 1. The van der Waals surface area contributed by atoms with Gasteiger partial charge in [0.25, 0.3) is 0 Å². The third-order valence-electron chi connectivity index (χ3n) is 4.24. The van der Waals surface area contributed by atoms with Gasteiger partial charge < -0.3 is 0 Å². The molecule has 1 N–H and O–H groups in total. The smallest absolute Gasteiger partial charge is 0.0984 e. The van der Waals surface area contributed by atoms with Crippen molar-refractivity contribution >= 4 is 11.3 Å². The number of rotatable bonds is 3. The lowest BCUT2D eigenvalue weighted by atomic mass is 9.81. The summed E-state index contributed by atoms with van der Waals surface area (Å²) in [6, 6.07) is 0. The van der Waals surface area contributed by atoms with Gasteiger partial charge >= 0.3 is 0 Å². The molecule has 1 aliphatic rings. The standard InChI is InChI=1S/C14H20N4S/c1-11-12(9-16-17-11)10-18-6-3-14(2,4-7-18)13-15-5-8-19-13/h5,8-9H,3-4,6-7,10H2,1-2H3,(H,16,17). The molecule has 0 saturated carbocycles. The van der Waals surface area contributed by atoms with Crippen molar-refractivity contribution in [3.63, 3.8) is 0 Å². The van der Waals surface area contributed by atoms with Crippen LogP contribution in [-0.2, 0) is 12.0 Å². The summed E-state index contributed by atoms with van der Waals surface area (Å²) >= 11 is 1.79. The van der Waals surface area contributed by atoms with Crippen molar-refractivity contribution in [2.75, 3.05) is 13.1 Å². The number of likely N-dealkylation sites (tertiary alicyclic amines) is 1. The topological polar surface area (TPSA) is 44.8 Å². The number of nitrogens with zero attached hydrogens (tertiary/aromatic N) is 3. The van der Waals surface area contributed by atoms with Crippen LogP contribution in [0.1, 0.15) is 36.0 Å². The van der Waals surface area contributed by atoms with Crippen molar-refractivity contribution in [3.05, 3.63) is 34.0 Å². The molecule has 2 aromatic heterocycles. The fraction of sp³-hybridized carbons (Fsp3) is 0.571. The maximum absolute atomic E-state index is 4.51. The van der Waals surface area contributed by atoms with Gasteiger partial charge in [-0.15, -0.1) is 11.3 Å². The molecule has 0 spiro atoms. The summed E-state index contributed by atoms with van der Waals surface area (Å²) in [6.07, 6.45) is 6.26. The van der Waals surface area contributed by atoms with Gasteiger partial charge in [-0.1, -0.05) is 6.92 Å². The Balaban J connectivity index is 1.62. The van der Waals surface area contributed by atoms with Crippen molar-refractivity contribution in [2.45, 2.75) is 38.6 Å². The normalized spacial score (nSPS) is 19.7. The highest BCUT2D eigenvalue weighted by Gasteiger charge is 2.33. The predicted molar refractivity (Wildman–Crippen MR) is 77.3 cm³/mol. The second kappa shape index (κ2) is 5.06.